The fraction of sp³-hybridized carbons (Fsp3) is 0.176. The second-order valence-electron chi connectivity index (χ2n) is 5.15. The first-order valence-electron chi connectivity index (χ1n) is 6.74. The van der Waals surface area contributed by atoms with Crippen LogP contribution in [-0.4, -0.2) is 5.91 Å². The van der Waals surface area contributed by atoms with Gasteiger partial charge in [0.1, 0.15) is 11.9 Å². The zero-order valence-corrected chi connectivity index (χ0v) is 11.2. The third-order valence-electron chi connectivity index (χ3n) is 3.71. The van der Waals surface area contributed by atoms with Gasteiger partial charge in [0.2, 0.25) is 5.91 Å². The Morgan fingerprint density at radius 2 is 2.05 bits per heavy atom. The predicted molar refractivity (Wildman–Crippen MR) is 77.0 cm³/mol. The topological polar surface area (TPSA) is 52.9 Å². The molecule has 1 amide bonds. The Morgan fingerprint density at radius 1 is 1.24 bits per heavy atom. The summed E-state index contributed by atoms with van der Waals surface area (Å²) < 4.78 is 13.2. The Balaban J connectivity index is 1.70. The summed E-state index contributed by atoms with van der Waals surface area (Å²) >= 11 is 0. The van der Waals surface area contributed by atoms with Crippen molar-refractivity contribution in [2.75, 3.05) is 5.32 Å². The van der Waals surface area contributed by atoms with Gasteiger partial charge in [-0.3, -0.25) is 4.79 Å². The fourth-order valence-electron chi connectivity index (χ4n) is 2.51. The van der Waals surface area contributed by atoms with Crippen molar-refractivity contribution >= 4 is 11.6 Å². The van der Waals surface area contributed by atoms with Crippen LogP contribution in [0.25, 0.3) is 0 Å². The van der Waals surface area contributed by atoms with Crippen molar-refractivity contribution in [3.63, 3.8) is 0 Å². The van der Waals surface area contributed by atoms with Gasteiger partial charge in [0, 0.05) is 5.92 Å². The number of nitrogens with zero attached hydrogens (tertiary/aromatic N) is 1. The highest BCUT2D eigenvalue weighted by molar-refractivity contribution is 5.96. The van der Waals surface area contributed by atoms with E-state index in [4.69, 9.17) is 5.26 Å². The molecule has 2 aromatic rings. The van der Waals surface area contributed by atoms with E-state index in [1.165, 1.54) is 12.1 Å². The number of hydrogen-bond donors (Lipinski definition) is 1. The fourth-order valence-corrected chi connectivity index (χ4v) is 2.51. The predicted octanol–water partition coefficient (Wildman–Crippen LogP) is 3.44. The van der Waals surface area contributed by atoms with Gasteiger partial charge in [-0.1, -0.05) is 24.3 Å². The van der Waals surface area contributed by atoms with Crippen LogP contribution in [0.2, 0.25) is 0 Å². The maximum atomic E-state index is 13.2. The molecule has 3 nitrogen and oxygen atoms in total. The molecule has 1 fully saturated rings. The van der Waals surface area contributed by atoms with Gasteiger partial charge in [-0.05, 0) is 42.2 Å². The largest absolute Gasteiger partial charge is 0.325 e. The van der Waals surface area contributed by atoms with Gasteiger partial charge in [-0.25, -0.2) is 4.39 Å². The highest BCUT2D eigenvalue weighted by Crippen LogP contribution is 2.48. The number of rotatable bonds is 3. The van der Waals surface area contributed by atoms with Gasteiger partial charge in [0.25, 0.3) is 0 Å². The maximum absolute atomic E-state index is 13.2. The number of carbonyl (C=O) groups excluding carboxylic acids is 1. The number of nitriles is 1. The van der Waals surface area contributed by atoms with Crippen LogP contribution in [0.15, 0.2) is 48.5 Å². The molecular formula is C17H13FN2O. The van der Waals surface area contributed by atoms with Crippen LogP contribution >= 0.6 is 0 Å². The van der Waals surface area contributed by atoms with E-state index in [1.54, 1.807) is 30.3 Å². The zero-order chi connectivity index (χ0) is 14.8. The van der Waals surface area contributed by atoms with Crippen molar-refractivity contribution in [1.29, 1.82) is 5.26 Å². The minimum Gasteiger partial charge on any atom is -0.325 e. The Kier molecular flexibility index (Phi) is 3.41. The van der Waals surface area contributed by atoms with Crippen molar-refractivity contribution in [1.82, 2.24) is 0 Å². The van der Waals surface area contributed by atoms with Crippen LogP contribution in [0.4, 0.5) is 10.1 Å². The number of benzene rings is 2. The molecule has 4 heteroatoms. The summed E-state index contributed by atoms with van der Waals surface area (Å²) in [5, 5.41) is 11.8. The normalized spacial score (nSPS) is 19.6. The summed E-state index contributed by atoms with van der Waals surface area (Å²) in [6.07, 6.45) is 0.712. The van der Waals surface area contributed by atoms with E-state index in [0.29, 0.717) is 17.7 Å². The highest BCUT2D eigenvalue weighted by Gasteiger charge is 2.44. The molecule has 104 valence electrons. The molecule has 21 heavy (non-hydrogen) atoms. The van der Waals surface area contributed by atoms with Crippen LogP contribution in [-0.2, 0) is 4.79 Å². The number of halogens is 1. The van der Waals surface area contributed by atoms with Crippen molar-refractivity contribution in [3.05, 3.63) is 65.5 Å². The number of para-hydroxylation sites is 1. The van der Waals surface area contributed by atoms with Crippen LogP contribution < -0.4 is 5.32 Å². The monoisotopic (exact) mass is 280 g/mol. The van der Waals surface area contributed by atoms with E-state index < -0.39 is 0 Å². The molecule has 0 saturated heterocycles. The molecule has 2 atom stereocenters. The Bertz CT molecular complexity index is 736. The number of nitrogens with one attached hydrogen (secondary N) is 1. The molecule has 0 aliphatic heterocycles. The maximum Gasteiger partial charge on any atom is 0.228 e. The number of carbonyl (C=O) groups is 1. The SMILES string of the molecule is N#Cc1ccccc1NC(=O)[C@H]1C[C@H]1c1cccc(F)c1. The van der Waals surface area contributed by atoms with E-state index >= 15 is 0 Å². The molecule has 0 bridgehead atoms. The smallest absolute Gasteiger partial charge is 0.228 e. The van der Waals surface area contributed by atoms with Crippen LogP contribution in [0.3, 0.4) is 0 Å². The van der Waals surface area contributed by atoms with Gasteiger partial charge >= 0.3 is 0 Å². The lowest BCUT2D eigenvalue weighted by molar-refractivity contribution is -0.117. The number of amides is 1. The minimum absolute atomic E-state index is 0.0648. The molecule has 0 radical (unpaired) electrons. The molecular weight excluding hydrogens is 267 g/mol. The van der Waals surface area contributed by atoms with Gasteiger partial charge in [0.15, 0.2) is 0 Å². The highest BCUT2D eigenvalue weighted by atomic mass is 19.1. The first kappa shape index (κ1) is 13.3. The molecule has 1 aliphatic rings. The number of hydrogen-bond acceptors (Lipinski definition) is 2. The van der Waals surface area contributed by atoms with E-state index in [0.717, 1.165) is 5.56 Å². The molecule has 0 unspecified atom stereocenters. The minimum atomic E-state index is -0.284. The van der Waals surface area contributed by atoms with Crippen LogP contribution in [0, 0.1) is 23.1 Å². The summed E-state index contributed by atoms with van der Waals surface area (Å²) in [5.74, 6) is -0.492. The molecule has 3 rings (SSSR count). The second kappa shape index (κ2) is 5.37. The van der Waals surface area contributed by atoms with Gasteiger partial charge in [0.05, 0.1) is 11.3 Å². The average molecular weight is 280 g/mol. The molecule has 1 saturated carbocycles. The summed E-state index contributed by atoms with van der Waals surface area (Å²) in [7, 11) is 0. The lowest BCUT2D eigenvalue weighted by Crippen LogP contribution is -2.15. The van der Waals surface area contributed by atoms with E-state index in [2.05, 4.69) is 5.32 Å². The Hall–Kier alpha value is -2.67. The summed E-state index contributed by atoms with van der Waals surface area (Å²) in [6.45, 7) is 0. The molecule has 1 N–H and O–H groups in total. The Morgan fingerprint density at radius 3 is 2.81 bits per heavy atom. The molecule has 2 aromatic carbocycles. The standard InChI is InChI=1S/C17H13FN2O/c18-13-6-3-5-11(8-13)14-9-15(14)17(21)20-16-7-2-1-4-12(16)10-19/h1-8,14-15H,9H2,(H,20,21)/t14-,15-/m0/s1. The van der Waals surface area contributed by atoms with Gasteiger partial charge in [-0.2, -0.15) is 5.26 Å². The quantitative estimate of drug-likeness (QED) is 0.936. The lowest BCUT2D eigenvalue weighted by Gasteiger charge is -2.06. The number of anilines is 1. The third kappa shape index (κ3) is 2.77. The van der Waals surface area contributed by atoms with Crippen molar-refractivity contribution < 1.29 is 9.18 Å². The molecule has 1 aliphatic carbocycles. The summed E-state index contributed by atoms with van der Waals surface area (Å²) in [6, 6.07) is 15.3. The van der Waals surface area contributed by atoms with Crippen molar-refractivity contribution in [2.24, 2.45) is 5.92 Å². The zero-order valence-electron chi connectivity index (χ0n) is 11.2. The summed E-state index contributed by atoms with van der Waals surface area (Å²) in [5.41, 5.74) is 1.81. The van der Waals surface area contributed by atoms with E-state index in [-0.39, 0.29) is 23.6 Å². The first-order chi connectivity index (χ1) is 10.2. The van der Waals surface area contributed by atoms with Crippen molar-refractivity contribution in [2.45, 2.75) is 12.3 Å². The van der Waals surface area contributed by atoms with Gasteiger partial charge in [-0.15, -0.1) is 0 Å². The average Bonchev–Trinajstić information content (AvgIpc) is 3.28. The van der Waals surface area contributed by atoms with E-state index in [9.17, 15) is 9.18 Å². The summed E-state index contributed by atoms with van der Waals surface area (Å²) in [4.78, 5) is 12.2. The van der Waals surface area contributed by atoms with Crippen molar-refractivity contribution in [3.8, 4) is 6.07 Å². The van der Waals surface area contributed by atoms with Gasteiger partial charge < -0.3 is 5.32 Å². The molecule has 0 aromatic heterocycles. The Labute approximate surface area is 122 Å². The lowest BCUT2D eigenvalue weighted by atomic mass is 10.1. The second-order valence-corrected chi connectivity index (χ2v) is 5.15. The third-order valence-corrected chi connectivity index (χ3v) is 3.71. The molecule has 0 spiro atoms. The van der Waals surface area contributed by atoms with E-state index in [1.807, 2.05) is 12.1 Å². The molecule has 0 heterocycles. The van der Waals surface area contributed by atoms with Crippen LogP contribution in [0.1, 0.15) is 23.5 Å². The van der Waals surface area contributed by atoms with Crippen LogP contribution in [0.5, 0.6) is 0 Å². The first-order valence-corrected chi connectivity index (χ1v) is 6.74.